The largest absolute Gasteiger partial charge is 0.496 e. The van der Waals surface area contributed by atoms with Crippen LogP contribution < -0.4 is 24.8 Å². The molecule has 1 fully saturated rings. The first-order valence-corrected chi connectivity index (χ1v) is 8.70. The number of amides is 1. The SMILES string of the molecule is COc1cc(OC)c([C@H]2NCC[C@]23C(=O)Nc2ccc(F)cc23)cc1OC. The van der Waals surface area contributed by atoms with Crippen molar-refractivity contribution in [3.05, 3.63) is 47.3 Å². The summed E-state index contributed by atoms with van der Waals surface area (Å²) in [5, 5.41) is 6.30. The molecule has 6 nitrogen and oxygen atoms in total. The Morgan fingerprint density at radius 2 is 1.74 bits per heavy atom. The lowest BCUT2D eigenvalue weighted by molar-refractivity contribution is -0.121. The zero-order valence-corrected chi connectivity index (χ0v) is 15.4. The number of ether oxygens (including phenoxy) is 3. The third kappa shape index (κ3) is 2.45. The average Bonchev–Trinajstić information content (AvgIpc) is 3.24. The minimum Gasteiger partial charge on any atom is -0.496 e. The van der Waals surface area contributed by atoms with Crippen molar-refractivity contribution in [1.82, 2.24) is 5.32 Å². The van der Waals surface area contributed by atoms with Gasteiger partial charge in [-0.3, -0.25) is 4.79 Å². The highest BCUT2D eigenvalue weighted by Gasteiger charge is 2.56. The van der Waals surface area contributed by atoms with Gasteiger partial charge in [0, 0.05) is 17.3 Å². The van der Waals surface area contributed by atoms with E-state index < -0.39 is 11.5 Å². The average molecular weight is 372 g/mol. The number of carbonyl (C=O) groups is 1. The van der Waals surface area contributed by atoms with E-state index in [1.165, 1.54) is 12.1 Å². The Morgan fingerprint density at radius 3 is 2.44 bits per heavy atom. The molecule has 2 heterocycles. The maximum absolute atomic E-state index is 14.0. The van der Waals surface area contributed by atoms with Gasteiger partial charge >= 0.3 is 0 Å². The summed E-state index contributed by atoms with van der Waals surface area (Å²) in [6, 6.07) is 7.56. The van der Waals surface area contributed by atoms with Crippen molar-refractivity contribution in [2.75, 3.05) is 33.2 Å². The van der Waals surface area contributed by atoms with Crippen LogP contribution in [-0.2, 0) is 10.2 Å². The molecule has 2 aliphatic heterocycles. The Morgan fingerprint density at radius 1 is 1.04 bits per heavy atom. The minimum atomic E-state index is -0.912. The van der Waals surface area contributed by atoms with Crippen molar-refractivity contribution >= 4 is 11.6 Å². The number of methoxy groups -OCH3 is 3. The number of carbonyl (C=O) groups excluding carboxylic acids is 1. The maximum Gasteiger partial charge on any atom is 0.237 e. The quantitative estimate of drug-likeness (QED) is 0.864. The van der Waals surface area contributed by atoms with Gasteiger partial charge in [0.05, 0.1) is 32.8 Å². The van der Waals surface area contributed by atoms with E-state index in [1.54, 1.807) is 33.5 Å². The highest BCUT2D eigenvalue weighted by Crippen LogP contribution is 2.53. The normalized spacial score (nSPS) is 23.3. The van der Waals surface area contributed by atoms with Crippen LogP contribution in [0, 0.1) is 5.82 Å². The van der Waals surface area contributed by atoms with Gasteiger partial charge in [-0.1, -0.05) is 0 Å². The van der Waals surface area contributed by atoms with Gasteiger partial charge in [-0.25, -0.2) is 4.39 Å². The Kier molecular flexibility index (Phi) is 4.19. The van der Waals surface area contributed by atoms with E-state index in [0.29, 0.717) is 41.5 Å². The molecule has 0 bridgehead atoms. The number of anilines is 1. The molecule has 1 amide bonds. The Balaban J connectivity index is 1.91. The third-order valence-electron chi connectivity index (χ3n) is 5.52. The standard InChI is InChI=1S/C20H21FN2O4/c1-25-15-10-17(27-3)16(26-2)9-12(15)18-20(6-7-22-18)13-8-11(21)4-5-14(13)23-19(20)24/h4-5,8-10,18,22H,6-7H2,1-3H3,(H,23,24)/t18-,20-/m1/s1. The van der Waals surface area contributed by atoms with Crippen molar-refractivity contribution in [3.8, 4) is 17.2 Å². The number of fused-ring (bicyclic) bond motifs is 2. The predicted octanol–water partition coefficient (Wildman–Crippen LogP) is 2.78. The lowest BCUT2D eigenvalue weighted by Gasteiger charge is -2.31. The molecule has 2 N–H and O–H groups in total. The fraction of sp³-hybridized carbons (Fsp3) is 0.350. The molecule has 0 aliphatic carbocycles. The molecule has 0 radical (unpaired) electrons. The van der Waals surface area contributed by atoms with Crippen molar-refractivity contribution in [2.24, 2.45) is 0 Å². The second-order valence-corrected chi connectivity index (χ2v) is 6.70. The topological polar surface area (TPSA) is 68.8 Å². The molecule has 0 saturated carbocycles. The van der Waals surface area contributed by atoms with Gasteiger partial charge in [0.1, 0.15) is 11.6 Å². The van der Waals surface area contributed by atoms with E-state index in [4.69, 9.17) is 14.2 Å². The summed E-state index contributed by atoms with van der Waals surface area (Å²) in [5.74, 6) is 1.14. The van der Waals surface area contributed by atoms with Crippen LogP contribution in [0.5, 0.6) is 17.2 Å². The molecule has 2 aromatic carbocycles. The third-order valence-corrected chi connectivity index (χ3v) is 5.52. The molecule has 2 aliphatic rings. The van der Waals surface area contributed by atoms with E-state index in [9.17, 15) is 9.18 Å². The maximum atomic E-state index is 14.0. The van der Waals surface area contributed by atoms with E-state index in [1.807, 2.05) is 6.07 Å². The number of benzene rings is 2. The van der Waals surface area contributed by atoms with Crippen molar-refractivity contribution in [1.29, 1.82) is 0 Å². The van der Waals surface area contributed by atoms with Gasteiger partial charge in [-0.05, 0) is 42.8 Å². The lowest BCUT2D eigenvalue weighted by atomic mass is 9.72. The Labute approximate surface area is 156 Å². The zero-order chi connectivity index (χ0) is 19.2. The number of hydrogen-bond acceptors (Lipinski definition) is 5. The number of rotatable bonds is 4. The molecule has 2 aromatic rings. The van der Waals surface area contributed by atoms with Gasteiger partial charge in [-0.15, -0.1) is 0 Å². The number of hydrogen-bond donors (Lipinski definition) is 2. The minimum absolute atomic E-state index is 0.144. The molecule has 0 unspecified atom stereocenters. The first-order chi connectivity index (χ1) is 13.0. The predicted molar refractivity (Wildman–Crippen MR) is 98.2 cm³/mol. The summed E-state index contributed by atoms with van der Waals surface area (Å²) >= 11 is 0. The molecular weight excluding hydrogens is 351 g/mol. The Bertz CT molecular complexity index is 917. The highest BCUT2D eigenvalue weighted by molar-refractivity contribution is 6.07. The van der Waals surface area contributed by atoms with Crippen LogP contribution in [0.4, 0.5) is 10.1 Å². The van der Waals surface area contributed by atoms with E-state index in [0.717, 1.165) is 5.56 Å². The molecule has 1 spiro atoms. The second kappa shape index (κ2) is 6.42. The summed E-state index contributed by atoms with van der Waals surface area (Å²) in [4.78, 5) is 13.1. The summed E-state index contributed by atoms with van der Waals surface area (Å²) in [6.07, 6.45) is 0.553. The van der Waals surface area contributed by atoms with Gasteiger partial charge in [0.2, 0.25) is 5.91 Å². The fourth-order valence-corrected chi connectivity index (χ4v) is 4.27. The zero-order valence-electron chi connectivity index (χ0n) is 15.4. The number of nitrogens with one attached hydrogen (secondary N) is 2. The van der Waals surface area contributed by atoms with Gasteiger partial charge in [-0.2, -0.15) is 0 Å². The van der Waals surface area contributed by atoms with Crippen LogP contribution in [0.15, 0.2) is 30.3 Å². The van der Waals surface area contributed by atoms with Crippen LogP contribution in [0.3, 0.4) is 0 Å². The molecule has 142 valence electrons. The molecule has 7 heteroatoms. The summed E-state index contributed by atoms with van der Waals surface area (Å²) in [5.41, 5.74) is 1.17. The molecule has 1 saturated heterocycles. The molecule has 4 rings (SSSR count). The fourth-order valence-electron chi connectivity index (χ4n) is 4.27. The summed E-state index contributed by atoms with van der Waals surface area (Å²) in [7, 11) is 4.67. The first-order valence-electron chi connectivity index (χ1n) is 8.70. The van der Waals surface area contributed by atoms with E-state index in [-0.39, 0.29) is 11.7 Å². The van der Waals surface area contributed by atoms with Gasteiger partial charge in [0.15, 0.2) is 11.5 Å². The van der Waals surface area contributed by atoms with E-state index >= 15 is 0 Å². The van der Waals surface area contributed by atoms with E-state index in [2.05, 4.69) is 10.6 Å². The summed E-state index contributed by atoms with van der Waals surface area (Å²) in [6.45, 7) is 0.617. The van der Waals surface area contributed by atoms with Crippen molar-refractivity contribution < 1.29 is 23.4 Å². The smallest absolute Gasteiger partial charge is 0.237 e. The van der Waals surface area contributed by atoms with Crippen LogP contribution in [0.1, 0.15) is 23.6 Å². The van der Waals surface area contributed by atoms with Crippen LogP contribution in [-0.4, -0.2) is 33.8 Å². The molecular formula is C20H21FN2O4. The first kappa shape index (κ1) is 17.6. The second-order valence-electron chi connectivity index (χ2n) is 6.70. The van der Waals surface area contributed by atoms with Gasteiger partial charge in [0.25, 0.3) is 0 Å². The van der Waals surface area contributed by atoms with Crippen LogP contribution >= 0.6 is 0 Å². The lowest BCUT2D eigenvalue weighted by Crippen LogP contribution is -2.39. The van der Waals surface area contributed by atoms with Crippen molar-refractivity contribution in [3.63, 3.8) is 0 Å². The molecule has 0 aromatic heterocycles. The molecule has 27 heavy (non-hydrogen) atoms. The highest BCUT2D eigenvalue weighted by atomic mass is 19.1. The Hall–Kier alpha value is -2.80. The monoisotopic (exact) mass is 372 g/mol. The number of halogens is 1. The van der Waals surface area contributed by atoms with Gasteiger partial charge < -0.3 is 24.8 Å². The van der Waals surface area contributed by atoms with Crippen LogP contribution in [0.2, 0.25) is 0 Å². The van der Waals surface area contributed by atoms with Crippen LogP contribution in [0.25, 0.3) is 0 Å². The summed E-state index contributed by atoms with van der Waals surface area (Å²) < 4.78 is 30.4. The van der Waals surface area contributed by atoms with Crippen molar-refractivity contribution in [2.45, 2.75) is 17.9 Å². The molecule has 2 atom stereocenters.